The fourth-order valence-electron chi connectivity index (χ4n) is 6.13. The van der Waals surface area contributed by atoms with Crippen molar-refractivity contribution in [1.29, 1.82) is 0 Å². The number of nitrogens with two attached hydrogens (primary N) is 1. The monoisotopic (exact) mass is 446 g/mol. The van der Waals surface area contributed by atoms with Crippen LogP contribution in [0.25, 0.3) is 0 Å². The molecular formula is C24H34N2O4S. The van der Waals surface area contributed by atoms with E-state index in [2.05, 4.69) is 39.1 Å². The standard InChI is InChI=1S/C24H34N2O4S/c1-5-23(2,3)26-22(27)21-11-10-20-19-8-6-15-14-16(30-31(25,28)29)7-9-17(15)18(19)12-13-24(20,21)4/h7,9,11,14,18-20H,5-6,8,10,12-13H2,1-4H3,(H,26,27)(H2,25,28,29)/t18?,19?,20?,24-/m0/s1. The number of benzene rings is 1. The number of hydrogen-bond acceptors (Lipinski definition) is 4. The topological polar surface area (TPSA) is 98.5 Å². The maximum atomic E-state index is 13.1. The van der Waals surface area contributed by atoms with E-state index < -0.39 is 10.3 Å². The average molecular weight is 447 g/mol. The lowest BCUT2D eigenvalue weighted by atomic mass is 9.54. The Morgan fingerprint density at radius 3 is 2.74 bits per heavy atom. The third-order valence-corrected chi connectivity index (χ3v) is 8.50. The molecule has 4 atom stereocenters. The second kappa shape index (κ2) is 7.62. The Balaban J connectivity index is 1.55. The Kier molecular flexibility index (Phi) is 5.49. The van der Waals surface area contributed by atoms with E-state index in [1.54, 1.807) is 6.07 Å². The zero-order chi connectivity index (χ0) is 22.6. The van der Waals surface area contributed by atoms with Gasteiger partial charge in [-0.15, -0.1) is 0 Å². The summed E-state index contributed by atoms with van der Waals surface area (Å²) in [5.41, 5.74) is 3.14. The first-order valence-corrected chi connectivity index (χ1v) is 12.8. The third-order valence-electron chi connectivity index (χ3n) is 8.07. The third kappa shape index (κ3) is 4.14. The lowest BCUT2D eigenvalue weighted by Crippen LogP contribution is -2.48. The largest absolute Gasteiger partial charge is 0.380 e. The molecular weight excluding hydrogens is 412 g/mol. The number of aryl methyl sites for hydroxylation is 1. The zero-order valence-corrected chi connectivity index (χ0v) is 19.7. The summed E-state index contributed by atoms with van der Waals surface area (Å²) in [4.78, 5) is 13.1. The van der Waals surface area contributed by atoms with E-state index in [0.717, 1.165) is 49.7 Å². The van der Waals surface area contributed by atoms with Gasteiger partial charge in [-0.1, -0.05) is 26.0 Å². The van der Waals surface area contributed by atoms with Gasteiger partial charge < -0.3 is 9.50 Å². The smallest absolute Gasteiger partial charge is 0.371 e. The van der Waals surface area contributed by atoms with Crippen molar-refractivity contribution in [3.05, 3.63) is 41.0 Å². The van der Waals surface area contributed by atoms with E-state index in [-0.39, 0.29) is 22.6 Å². The van der Waals surface area contributed by atoms with Crippen molar-refractivity contribution in [2.45, 2.75) is 77.7 Å². The first-order valence-electron chi connectivity index (χ1n) is 11.3. The van der Waals surface area contributed by atoms with E-state index >= 15 is 0 Å². The molecule has 3 aliphatic rings. The minimum atomic E-state index is -4.02. The van der Waals surface area contributed by atoms with Gasteiger partial charge in [0, 0.05) is 16.5 Å². The summed E-state index contributed by atoms with van der Waals surface area (Å²) in [5, 5.41) is 8.26. The van der Waals surface area contributed by atoms with Crippen molar-refractivity contribution in [2.75, 3.05) is 0 Å². The number of rotatable bonds is 5. The van der Waals surface area contributed by atoms with Crippen molar-refractivity contribution < 1.29 is 17.4 Å². The van der Waals surface area contributed by atoms with E-state index in [4.69, 9.17) is 9.32 Å². The number of allylic oxidation sites excluding steroid dienone is 1. The van der Waals surface area contributed by atoms with Gasteiger partial charge in [-0.05, 0) is 93.4 Å². The van der Waals surface area contributed by atoms with Crippen molar-refractivity contribution in [1.82, 2.24) is 5.32 Å². The number of carbonyl (C=O) groups is 1. The van der Waals surface area contributed by atoms with Gasteiger partial charge in [-0.25, -0.2) is 0 Å². The molecule has 7 heteroatoms. The van der Waals surface area contributed by atoms with E-state index in [1.165, 1.54) is 5.56 Å². The van der Waals surface area contributed by atoms with Crippen LogP contribution in [0.1, 0.15) is 76.8 Å². The summed E-state index contributed by atoms with van der Waals surface area (Å²) in [6.45, 7) is 8.52. The lowest BCUT2D eigenvalue weighted by Gasteiger charge is -2.50. The van der Waals surface area contributed by atoms with Gasteiger partial charge in [0.2, 0.25) is 5.91 Å². The number of amides is 1. The molecule has 170 valence electrons. The Hall–Kier alpha value is -1.86. The zero-order valence-electron chi connectivity index (χ0n) is 18.9. The Morgan fingerprint density at radius 1 is 1.32 bits per heavy atom. The molecule has 3 unspecified atom stereocenters. The normalized spacial score (nSPS) is 30.0. The number of hydrogen-bond donors (Lipinski definition) is 2. The predicted octanol–water partition coefficient (Wildman–Crippen LogP) is 3.97. The van der Waals surface area contributed by atoms with Gasteiger partial charge in [-0.3, -0.25) is 4.79 Å². The Labute approximate surface area is 185 Å². The minimum Gasteiger partial charge on any atom is -0.371 e. The molecule has 6 nitrogen and oxygen atoms in total. The second-order valence-electron chi connectivity index (χ2n) is 10.4. The van der Waals surface area contributed by atoms with Crippen LogP contribution in [0.15, 0.2) is 29.8 Å². The fourth-order valence-corrected chi connectivity index (χ4v) is 6.50. The molecule has 0 aromatic heterocycles. The molecule has 0 spiro atoms. The van der Waals surface area contributed by atoms with Crippen LogP contribution in [-0.2, 0) is 21.5 Å². The molecule has 0 aliphatic heterocycles. The van der Waals surface area contributed by atoms with Crippen molar-refractivity contribution in [2.24, 2.45) is 22.4 Å². The van der Waals surface area contributed by atoms with Crippen LogP contribution < -0.4 is 14.6 Å². The maximum absolute atomic E-state index is 13.1. The van der Waals surface area contributed by atoms with Gasteiger partial charge in [0.25, 0.3) is 0 Å². The van der Waals surface area contributed by atoms with Crippen LogP contribution >= 0.6 is 0 Å². The molecule has 1 amide bonds. The molecule has 0 radical (unpaired) electrons. The van der Waals surface area contributed by atoms with Gasteiger partial charge in [0.15, 0.2) is 0 Å². The van der Waals surface area contributed by atoms with Gasteiger partial charge >= 0.3 is 10.3 Å². The highest BCUT2D eigenvalue weighted by molar-refractivity contribution is 7.84. The average Bonchev–Trinajstić information content (AvgIpc) is 3.03. The minimum absolute atomic E-state index is 0.0801. The molecule has 4 rings (SSSR count). The highest BCUT2D eigenvalue weighted by Gasteiger charge is 2.53. The maximum Gasteiger partial charge on any atom is 0.380 e. The summed E-state index contributed by atoms with van der Waals surface area (Å²) >= 11 is 0. The summed E-state index contributed by atoms with van der Waals surface area (Å²) in [6, 6.07) is 5.54. The van der Waals surface area contributed by atoms with Gasteiger partial charge in [-0.2, -0.15) is 13.6 Å². The van der Waals surface area contributed by atoms with Crippen molar-refractivity contribution in [3.63, 3.8) is 0 Å². The molecule has 1 aromatic carbocycles. The van der Waals surface area contributed by atoms with Crippen LogP contribution in [-0.4, -0.2) is 19.9 Å². The fraction of sp³-hybridized carbons (Fsp3) is 0.625. The SMILES string of the molecule is CCC(C)(C)NC(=O)C1=CCC2C3CCc4cc(OS(N)(=O)=O)ccc4C3CC[C@]12C. The summed E-state index contributed by atoms with van der Waals surface area (Å²) in [7, 11) is -4.02. The van der Waals surface area contributed by atoms with Crippen LogP contribution in [0.3, 0.4) is 0 Å². The summed E-state index contributed by atoms with van der Waals surface area (Å²) in [6.07, 6.45) is 7.98. The van der Waals surface area contributed by atoms with Gasteiger partial charge in [0.05, 0.1) is 0 Å². The number of fused-ring (bicyclic) bond motifs is 5. The number of carbonyl (C=O) groups excluding carboxylic acids is 1. The second-order valence-corrected chi connectivity index (χ2v) is 11.5. The van der Waals surface area contributed by atoms with Crippen LogP contribution in [0, 0.1) is 17.3 Å². The molecule has 1 saturated carbocycles. The summed E-state index contributed by atoms with van der Waals surface area (Å²) in [5.74, 6) is 1.80. The molecule has 0 heterocycles. The Bertz CT molecular complexity index is 1030. The van der Waals surface area contributed by atoms with Crippen LogP contribution in [0.2, 0.25) is 0 Å². The van der Waals surface area contributed by atoms with E-state index in [0.29, 0.717) is 17.8 Å². The molecule has 1 aromatic rings. The van der Waals surface area contributed by atoms with Gasteiger partial charge in [0.1, 0.15) is 5.75 Å². The first-order chi connectivity index (χ1) is 14.4. The number of nitrogens with one attached hydrogen (secondary N) is 1. The summed E-state index contributed by atoms with van der Waals surface area (Å²) < 4.78 is 27.4. The van der Waals surface area contributed by atoms with Crippen LogP contribution in [0.4, 0.5) is 0 Å². The lowest BCUT2D eigenvalue weighted by molar-refractivity contribution is -0.120. The van der Waals surface area contributed by atoms with Crippen molar-refractivity contribution >= 4 is 16.2 Å². The van der Waals surface area contributed by atoms with Crippen LogP contribution in [0.5, 0.6) is 5.75 Å². The molecule has 3 aliphatic carbocycles. The predicted molar refractivity (Wildman–Crippen MR) is 121 cm³/mol. The first kappa shape index (κ1) is 22.3. The molecule has 0 saturated heterocycles. The molecule has 31 heavy (non-hydrogen) atoms. The van der Waals surface area contributed by atoms with E-state index in [1.807, 2.05) is 12.1 Å². The molecule has 1 fully saturated rings. The molecule has 3 N–H and O–H groups in total. The highest BCUT2D eigenvalue weighted by atomic mass is 32.2. The van der Waals surface area contributed by atoms with E-state index in [9.17, 15) is 13.2 Å². The Morgan fingerprint density at radius 2 is 2.06 bits per heavy atom. The van der Waals surface area contributed by atoms with Crippen molar-refractivity contribution in [3.8, 4) is 5.75 Å². The quantitative estimate of drug-likeness (QED) is 0.715. The molecule has 0 bridgehead atoms. The highest BCUT2D eigenvalue weighted by Crippen LogP contribution is 2.61.